The van der Waals surface area contributed by atoms with Gasteiger partial charge in [0.2, 0.25) is 0 Å². The number of phenols is 1. The van der Waals surface area contributed by atoms with Crippen LogP contribution in [0.25, 0.3) is 0 Å². The van der Waals surface area contributed by atoms with Gasteiger partial charge in [0.1, 0.15) is 13.6 Å². The number of ketones is 1. The molecule has 0 fully saturated rings. The highest BCUT2D eigenvalue weighted by atomic mass is 16.3. The summed E-state index contributed by atoms with van der Waals surface area (Å²) in [6.45, 7) is 9.57. The van der Waals surface area contributed by atoms with E-state index in [9.17, 15) is 9.90 Å². The third-order valence-electron chi connectivity index (χ3n) is 3.11. The Kier molecular flexibility index (Phi) is 4.99. The molecule has 2 radical (unpaired) electrons. The molecular formula is C16H21BO2. The van der Waals surface area contributed by atoms with E-state index >= 15 is 0 Å². The summed E-state index contributed by atoms with van der Waals surface area (Å²) in [5.41, 5.74) is 3.82. The summed E-state index contributed by atoms with van der Waals surface area (Å²) >= 11 is 0. The smallest absolute Gasteiger partial charge is 0.159 e. The minimum absolute atomic E-state index is 0.0320. The van der Waals surface area contributed by atoms with Crippen molar-refractivity contribution in [3.05, 3.63) is 34.4 Å². The van der Waals surface area contributed by atoms with Crippen LogP contribution in [0.3, 0.4) is 0 Å². The summed E-state index contributed by atoms with van der Waals surface area (Å²) in [6.07, 6.45) is 1.90. The summed E-state index contributed by atoms with van der Waals surface area (Å²) in [7, 11) is 5.88. The number of rotatable bonds is 4. The molecule has 0 saturated carbocycles. The molecule has 0 aromatic heterocycles. The molecule has 1 N–H and O–H groups in total. The zero-order valence-electron chi connectivity index (χ0n) is 12.4. The molecule has 19 heavy (non-hydrogen) atoms. The van der Waals surface area contributed by atoms with Crippen LogP contribution in [-0.4, -0.2) is 18.7 Å². The van der Waals surface area contributed by atoms with Crippen molar-refractivity contribution in [2.24, 2.45) is 0 Å². The molecule has 2 nitrogen and oxygen atoms in total. The molecule has 0 aliphatic rings. The topological polar surface area (TPSA) is 37.3 Å². The molecule has 0 saturated heterocycles. The predicted octanol–water partition coefficient (Wildman–Crippen LogP) is 2.70. The molecule has 0 amide bonds. The Labute approximate surface area is 116 Å². The molecule has 1 rings (SSSR count). The van der Waals surface area contributed by atoms with Gasteiger partial charge < -0.3 is 5.11 Å². The summed E-state index contributed by atoms with van der Waals surface area (Å²) in [6, 6.07) is 1.81. The van der Waals surface area contributed by atoms with E-state index in [-0.39, 0.29) is 23.9 Å². The van der Waals surface area contributed by atoms with Crippen molar-refractivity contribution in [2.75, 3.05) is 0 Å². The summed E-state index contributed by atoms with van der Waals surface area (Å²) in [5, 5.41) is 10.2. The van der Waals surface area contributed by atoms with Crippen LogP contribution in [-0.2, 0) is 11.2 Å². The lowest BCUT2D eigenvalue weighted by molar-refractivity contribution is -0.114. The van der Waals surface area contributed by atoms with Crippen LogP contribution in [0.2, 0.25) is 0 Å². The van der Waals surface area contributed by atoms with Gasteiger partial charge in [0, 0.05) is 12.0 Å². The molecule has 0 unspecified atom stereocenters. The van der Waals surface area contributed by atoms with Crippen LogP contribution in [0.4, 0.5) is 0 Å². The Morgan fingerprint density at radius 2 is 2.00 bits per heavy atom. The van der Waals surface area contributed by atoms with E-state index in [4.69, 9.17) is 7.85 Å². The first-order valence-corrected chi connectivity index (χ1v) is 6.52. The minimum atomic E-state index is 0.0320. The van der Waals surface area contributed by atoms with Crippen LogP contribution in [0.15, 0.2) is 17.7 Å². The van der Waals surface area contributed by atoms with Gasteiger partial charge in [0.25, 0.3) is 0 Å². The fraction of sp³-hybridized carbons (Fsp3) is 0.438. The molecule has 0 spiro atoms. The molecular weight excluding hydrogens is 235 g/mol. The molecule has 1 aromatic carbocycles. The van der Waals surface area contributed by atoms with Gasteiger partial charge in [-0.05, 0) is 43.9 Å². The first-order valence-electron chi connectivity index (χ1n) is 6.52. The van der Waals surface area contributed by atoms with E-state index in [2.05, 4.69) is 0 Å². The van der Waals surface area contributed by atoms with E-state index in [1.165, 1.54) is 0 Å². The van der Waals surface area contributed by atoms with E-state index in [0.29, 0.717) is 11.0 Å². The highest BCUT2D eigenvalue weighted by molar-refractivity contribution is 6.33. The second-order valence-corrected chi connectivity index (χ2v) is 5.53. The zero-order chi connectivity index (χ0) is 14.7. The fourth-order valence-corrected chi connectivity index (χ4v) is 2.22. The second kappa shape index (κ2) is 6.09. The molecule has 0 bridgehead atoms. The van der Waals surface area contributed by atoms with Crippen molar-refractivity contribution in [1.82, 2.24) is 0 Å². The van der Waals surface area contributed by atoms with Gasteiger partial charge in [-0.1, -0.05) is 30.9 Å². The summed E-state index contributed by atoms with van der Waals surface area (Å²) < 4.78 is 0. The minimum Gasteiger partial charge on any atom is -0.507 e. The van der Waals surface area contributed by atoms with Crippen molar-refractivity contribution in [3.8, 4) is 5.75 Å². The first kappa shape index (κ1) is 15.6. The van der Waals surface area contributed by atoms with Gasteiger partial charge in [-0.3, -0.25) is 4.79 Å². The van der Waals surface area contributed by atoms with Crippen LogP contribution < -0.4 is 5.46 Å². The SMILES string of the molecule is [B]c1cc(CC(=O)C=C(C)C)c(C(C)C)c(O)c1C. The third kappa shape index (κ3) is 3.73. The lowest BCUT2D eigenvalue weighted by atomic mass is 9.82. The predicted molar refractivity (Wildman–Crippen MR) is 80.5 cm³/mol. The number of hydrogen-bond acceptors (Lipinski definition) is 2. The lowest BCUT2D eigenvalue weighted by Crippen LogP contribution is -2.14. The second-order valence-electron chi connectivity index (χ2n) is 5.53. The zero-order valence-corrected chi connectivity index (χ0v) is 12.4. The Bertz CT molecular complexity index is 524. The maximum Gasteiger partial charge on any atom is 0.159 e. The van der Waals surface area contributed by atoms with Crippen LogP contribution in [0.5, 0.6) is 5.75 Å². The van der Waals surface area contributed by atoms with Crippen molar-refractivity contribution >= 4 is 19.1 Å². The number of carbonyl (C=O) groups excluding carboxylic acids is 1. The number of allylic oxidation sites excluding steroid dienone is 2. The van der Waals surface area contributed by atoms with Gasteiger partial charge in [0.15, 0.2) is 5.78 Å². The van der Waals surface area contributed by atoms with Crippen molar-refractivity contribution in [3.63, 3.8) is 0 Å². The highest BCUT2D eigenvalue weighted by Crippen LogP contribution is 2.31. The van der Waals surface area contributed by atoms with E-state index in [1.54, 1.807) is 19.1 Å². The monoisotopic (exact) mass is 256 g/mol. The average molecular weight is 256 g/mol. The molecule has 0 aliphatic carbocycles. The molecule has 0 aliphatic heterocycles. The van der Waals surface area contributed by atoms with Crippen molar-refractivity contribution in [1.29, 1.82) is 0 Å². The van der Waals surface area contributed by atoms with E-state index < -0.39 is 0 Å². The first-order chi connectivity index (χ1) is 8.73. The van der Waals surface area contributed by atoms with Crippen molar-refractivity contribution < 1.29 is 9.90 Å². The van der Waals surface area contributed by atoms with Gasteiger partial charge in [0.05, 0.1) is 0 Å². The van der Waals surface area contributed by atoms with Crippen molar-refractivity contribution in [2.45, 2.75) is 47.0 Å². The molecule has 0 atom stereocenters. The Hall–Kier alpha value is -1.51. The normalized spacial score (nSPS) is 10.6. The number of phenolic OH excluding ortho intramolecular Hbond substituents is 1. The Morgan fingerprint density at radius 1 is 1.42 bits per heavy atom. The number of carbonyl (C=O) groups is 1. The van der Waals surface area contributed by atoms with Gasteiger partial charge >= 0.3 is 0 Å². The number of aromatic hydroxyl groups is 1. The number of benzene rings is 1. The quantitative estimate of drug-likeness (QED) is 0.664. The van der Waals surface area contributed by atoms with Crippen LogP contribution in [0.1, 0.15) is 50.3 Å². The maximum absolute atomic E-state index is 11.9. The molecule has 0 heterocycles. The van der Waals surface area contributed by atoms with E-state index in [1.807, 2.05) is 27.7 Å². The van der Waals surface area contributed by atoms with Crippen LogP contribution in [0, 0.1) is 6.92 Å². The van der Waals surface area contributed by atoms with Gasteiger partial charge in [-0.15, -0.1) is 0 Å². The van der Waals surface area contributed by atoms with Gasteiger partial charge in [-0.25, -0.2) is 0 Å². The summed E-state index contributed by atoms with van der Waals surface area (Å²) in [5.74, 6) is 0.397. The molecule has 3 heteroatoms. The molecule has 100 valence electrons. The lowest BCUT2D eigenvalue weighted by Gasteiger charge is -2.18. The maximum atomic E-state index is 11.9. The Balaban J connectivity index is 3.27. The third-order valence-corrected chi connectivity index (χ3v) is 3.11. The highest BCUT2D eigenvalue weighted by Gasteiger charge is 2.17. The largest absolute Gasteiger partial charge is 0.507 e. The van der Waals surface area contributed by atoms with E-state index in [0.717, 1.165) is 16.7 Å². The van der Waals surface area contributed by atoms with Crippen LogP contribution >= 0.6 is 0 Å². The standard InChI is InChI=1S/C16H21BO2/c1-9(2)6-13(18)7-12-8-14(17)11(5)16(19)15(12)10(3)4/h6,8,10,19H,7H2,1-5H3. The summed E-state index contributed by atoms with van der Waals surface area (Å²) in [4.78, 5) is 11.9. The average Bonchev–Trinajstić information content (AvgIpc) is 2.24. The number of hydrogen-bond donors (Lipinski definition) is 1. The fourth-order valence-electron chi connectivity index (χ4n) is 2.22. The Morgan fingerprint density at radius 3 is 2.47 bits per heavy atom. The van der Waals surface area contributed by atoms with Gasteiger partial charge in [-0.2, -0.15) is 0 Å². The molecule has 1 aromatic rings.